The number of benzene rings is 2. The Balaban J connectivity index is 1.57. The zero-order valence-corrected chi connectivity index (χ0v) is 11.8. The van der Waals surface area contributed by atoms with Gasteiger partial charge in [-0.2, -0.15) is 0 Å². The lowest BCUT2D eigenvalue weighted by molar-refractivity contribution is 0.0491. The molecule has 21 heavy (non-hydrogen) atoms. The standard InChI is InChI=1S/C18H18O3/c19-18(17-11-13-4-1-2-6-16(13)21-17)14-7-8-15-12(10-14)5-3-9-20-15/h1-2,4,6-8,10,17-19H,3,5,9,11H2. The molecular formula is C18H18O3. The highest BCUT2D eigenvalue weighted by Crippen LogP contribution is 2.35. The lowest BCUT2D eigenvalue weighted by atomic mass is 9.96. The number of aryl methyl sites for hydroxylation is 1. The SMILES string of the molecule is OC(c1ccc2c(c1)CCCO2)C1Cc2ccccc2O1. The normalized spacial score (nSPS) is 20.9. The summed E-state index contributed by atoms with van der Waals surface area (Å²) in [5, 5.41) is 10.6. The topological polar surface area (TPSA) is 38.7 Å². The highest BCUT2D eigenvalue weighted by atomic mass is 16.5. The summed E-state index contributed by atoms with van der Waals surface area (Å²) in [7, 11) is 0. The maximum Gasteiger partial charge on any atom is 0.133 e. The highest BCUT2D eigenvalue weighted by Gasteiger charge is 2.30. The largest absolute Gasteiger partial charge is 0.493 e. The Bertz CT molecular complexity index is 640. The van der Waals surface area contributed by atoms with Crippen molar-refractivity contribution in [3.8, 4) is 11.5 Å². The lowest BCUT2D eigenvalue weighted by Gasteiger charge is -2.22. The third kappa shape index (κ3) is 2.28. The Morgan fingerprint density at radius 2 is 1.95 bits per heavy atom. The van der Waals surface area contributed by atoms with Crippen LogP contribution < -0.4 is 9.47 Å². The summed E-state index contributed by atoms with van der Waals surface area (Å²) in [4.78, 5) is 0. The Kier molecular flexibility index (Phi) is 3.08. The van der Waals surface area contributed by atoms with E-state index in [0.717, 1.165) is 42.9 Å². The molecule has 0 aliphatic carbocycles. The third-order valence-electron chi connectivity index (χ3n) is 4.30. The van der Waals surface area contributed by atoms with E-state index in [4.69, 9.17) is 9.47 Å². The molecule has 2 aromatic carbocycles. The molecule has 2 atom stereocenters. The van der Waals surface area contributed by atoms with Crippen molar-refractivity contribution < 1.29 is 14.6 Å². The molecule has 2 aliphatic heterocycles. The molecule has 0 spiro atoms. The van der Waals surface area contributed by atoms with Gasteiger partial charge in [0.1, 0.15) is 23.7 Å². The van der Waals surface area contributed by atoms with Crippen LogP contribution in [-0.4, -0.2) is 17.8 Å². The van der Waals surface area contributed by atoms with Crippen molar-refractivity contribution in [3.63, 3.8) is 0 Å². The average molecular weight is 282 g/mol. The molecule has 4 rings (SSSR count). The monoisotopic (exact) mass is 282 g/mol. The van der Waals surface area contributed by atoms with Gasteiger partial charge in [0.25, 0.3) is 0 Å². The summed E-state index contributed by atoms with van der Waals surface area (Å²) in [6.45, 7) is 0.788. The summed E-state index contributed by atoms with van der Waals surface area (Å²) in [5.41, 5.74) is 3.27. The van der Waals surface area contributed by atoms with E-state index >= 15 is 0 Å². The third-order valence-corrected chi connectivity index (χ3v) is 4.30. The van der Waals surface area contributed by atoms with Crippen LogP contribution >= 0.6 is 0 Å². The molecule has 3 heteroatoms. The number of aliphatic hydroxyl groups is 1. The van der Waals surface area contributed by atoms with Crippen LogP contribution in [0, 0.1) is 0 Å². The first kappa shape index (κ1) is 12.7. The van der Waals surface area contributed by atoms with Gasteiger partial charge in [0, 0.05) is 6.42 Å². The quantitative estimate of drug-likeness (QED) is 0.920. The van der Waals surface area contributed by atoms with Crippen molar-refractivity contribution in [1.82, 2.24) is 0 Å². The van der Waals surface area contributed by atoms with Crippen molar-refractivity contribution >= 4 is 0 Å². The first-order valence-electron chi connectivity index (χ1n) is 7.49. The summed E-state index contributed by atoms with van der Waals surface area (Å²) in [6, 6.07) is 14.0. The molecule has 3 nitrogen and oxygen atoms in total. The fourth-order valence-electron chi connectivity index (χ4n) is 3.16. The summed E-state index contributed by atoms with van der Waals surface area (Å²) in [6.07, 6.45) is 2.00. The van der Waals surface area contributed by atoms with Crippen LogP contribution in [-0.2, 0) is 12.8 Å². The number of rotatable bonds is 2. The van der Waals surface area contributed by atoms with Crippen LogP contribution in [0.1, 0.15) is 29.2 Å². The molecule has 2 aromatic rings. The second kappa shape index (κ2) is 5.08. The number of fused-ring (bicyclic) bond motifs is 2. The minimum Gasteiger partial charge on any atom is -0.493 e. The second-order valence-corrected chi connectivity index (χ2v) is 5.73. The average Bonchev–Trinajstić information content (AvgIpc) is 2.97. The fourth-order valence-corrected chi connectivity index (χ4v) is 3.16. The molecule has 0 amide bonds. The van der Waals surface area contributed by atoms with E-state index in [2.05, 4.69) is 12.1 Å². The number of para-hydroxylation sites is 1. The van der Waals surface area contributed by atoms with E-state index < -0.39 is 6.10 Å². The van der Waals surface area contributed by atoms with Gasteiger partial charge in [-0.1, -0.05) is 24.3 Å². The van der Waals surface area contributed by atoms with Crippen molar-refractivity contribution in [2.45, 2.75) is 31.5 Å². The molecule has 1 N–H and O–H groups in total. The van der Waals surface area contributed by atoms with E-state index in [1.54, 1.807) is 0 Å². The second-order valence-electron chi connectivity index (χ2n) is 5.73. The molecule has 108 valence electrons. The number of hydrogen-bond acceptors (Lipinski definition) is 3. The number of hydrogen-bond donors (Lipinski definition) is 1. The van der Waals surface area contributed by atoms with E-state index in [-0.39, 0.29) is 6.10 Å². The molecule has 0 fully saturated rings. The van der Waals surface area contributed by atoms with Crippen LogP contribution in [0.15, 0.2) is 42.5 Å². The Hall–Kier alpha value is -2.00. The predicted molar refractivity (Wildman–Crippen MR) is 79.8 cm³/mol. The van der Waals surface area contributed by atoms with Gasteiger partial charge in [-0.15, -0.1) is 0 Å². The zero-order valence-electron chi connectivity index (χ0n) is 11.8. The summed E-state index contributed by atoms with van der Waals surface area (Å²) in [5.74, 6) is 1.84. The molecular weight excluding hydrogens is 264 g/mol. The Morgan fingerprint density at radius 3 is 2.86 bits per heavy atom. The highest BCUT2D eigenvalue weighted by molar-refractivity contribution is 5.41. The predicted octanol–water partition coefficient (Wildman–Crippen LogP) is 3.05. The van der Waals surface area contributed by atoms with Gasteiger partial charge in [-0.25, -0.2) is 0 Å². The van der Waals surface area contributed by atoms with Gasteiger partial charge in [-0.05, 0) is 47.7 Å². The zero-order chi connectivity index (χ0) is 14.2. The molecule has 0 aromatic heterocycles. The van der Waals surface area contributed by atoms with Crippen LogP contribution in [0.25, 0.3) is 0 Å². The first-order valence-corrected chi connectivity index (χ1v) is 7.49. The maximum atomic E-state index is 10.6. The molecule has 0 radical (unpaired) electrons. The van der Waals surface area contributed by atoms with Crippen molar-refractivity contribution in [3.05, 3.63) is 59.2 Å². The van der Waals surface area contributed by atoms with Gasteiger partial charge in [0.15, 0.2) is 0 Å². The molecule has 0 bridgehead atoms. The van der Waals surface area contributed by atoms with E-state index in [1.807, 2.05) is 30.3 Å². The van der Waals surface area contributed by atoms with Crippen molar-refractivity contribution in [2.24, 2.45) is 0 Å². The molecule has 2 aliphatic rings. The van der Waals surface area contributed by atoms with Gasteiger partial charge in [0.05, 0.1) is 6.61 Å². The summed E-state index contributed by atoms with van der Waals surface area (Å²) >= 11 is 0. The minimum absolute atomic E-state index is 0.204. The van der Waals surface area contributed by atoms with E-state index in [0.29, 0.717) is 0 Å². The van der Waals surface area contributed by atoms with Gasteiger partial charge in [0.2, 0.25) is 0 Å². The van der Waals surface area contributed by atoms with E-state index in [1.165, 1.54) is 11.1 Å². The van der Waals surface area contributed by atoms with Crippen LogP contribution in [0.4, 0.5) is 0 Å². The maximum absolute atomic E-state index is 10.6. The minimum atomic E-state index is -0.607. The number of ether oxygens (including phenoxy) is 2. The molecule has 2 heterocycles. The van der Waals surface area contributed by atoms with Gasteiger partial charge in [-0.3, -0.25) is 0 Å². The van der Waals surface area contributed by atoms with Crippen LogP contribution in [0.2, 0.25) is 0 Å². The van der Waals surface area contributed by atoms with Crippen LogP contribution in [0.3, 0.4) is 0 Å². The lowest BCUT2D eigenvalue weighted by Crippen LogP contribution is -2.23. The van der Waals surface area contributed by atoms with Crippen molar-refractivity contribution in [1.29, 1.82) is 0 Å². The van der Waals surface area contributed by atoms with E-state index in [9.17, 15) is 5.11 Å². The molecule has 2 unspecified atom stereocenters. The molecule has 0 saturated heterocycles. The summed E-state index contributed by atoms with van der Waals surface area (Å²) < 4.78 is 11.5. The Morgan fingerprint density at radius 1 is 1.05 bits per heavy atom. The van der Waals surface area contributed by atoms with Crippen LogP contribution in [0.5, 0.6) is 11.5 Å². The number of aliphatic hydroxyl groups excluding tert-OH is 1. The van der Waals surface area contributed by atoms with Crippen molar-refractivity contribution in [2.75, 3.05) is 6.61 Å². The smallest absolute Gasteiger partial charge is 0.133 e. The fraction of sp³-hybridized carbons (Fsp3) is 0.333. The van der Waals surface area contributed by atoms with Gasteiger partial charge < -0.3 is 14.6 Å². The molecule has 0 saturated carbocycles. The first-order chi connectivity index (χ1) is 10.3. The van der Waals surface area contributed by atoms with Gasteiger partial charge >= 0.3 is 0 Å². The Labute approximate surface area is 124 Å².